The van der Waals surface area contributed by atoms with E-state index in [1.54, 1.807) is 6.20 Å². The zero-order valence-corrected chi connectivity index (χ0v) is 27.3. The largest absolute Gasteiger partial charge is 0.491 e. The topological polar surface area (TPSA) is 87.5 Å². The molecule has 1 amide bonds. The number of rotatable bonds is 10. The number of alkyl carbamates (subject to hydrolysis) is 1. The van der Waals surface area contributed by atoms with Crippen LogP contribution in [0.3, 0.4) is 0 Å². The summed E-state index contributed by atoms with van der Waals surface area (Å²) in [5.74, 6) is 0.697. The highest BCUT2D eigenvalue weighted by Gasteiger charge is 2.39. The summed E-state index contributed by atoms with van der Waals surface area (Å²) in [6, 6.07) is 9.81. The Hall–Kier alpha value is -2.62. The molecule has 0 bridgehead atoms. The van der Waals surface area contributed by atoms with Crippen molar-refractivity contribution in [1.29, 1.82) is 0 Å². The fraction of sp³-hybridized carbons (Fsp3) is 0.567. The molecule has 0 saturated carbocycles. The number of carbonyl (C=O) groups excluding carboxylic acids is 1. The number of benzene rings is 1. The predicted octanol–water partition coefficient (Wildman–Crippen LogP) is 8.02. The number of fused-ring (bicyclic) bond motifs is 1. The van der Waals surface area contributed by atoms with Gasteiger partial charge in [-0.2, -0.15) is 5.10 Å². The zero-order valence-electron chi connectivity index (χ0n) is 25.6. The summed E-state index contributed by atoms with van der Waals surface area (Å²) in [5.41, 5.74) is 2.03. The lowest BCUT2D eigenvalue weighted by Gasteiger charge is -2.39. The van der Waals surface area contributed by atoms with Crippen LogP contribution in [-0.2, 0) is 9.16 Å². The molecule has 0 aliphatic rings. The number of hydrogen-bond donors (Lipinski definition) is 1. The van der Waals surface area contributed by atoms with Gasteiger partial charge in [0.2, 0.25) is 0 Å². The van der Waals surface area contributed by atoms with Gasteiger partial charge in [-0.1, -0.05) is 44.5 Å². The van der Waals surface area contributed by atoms with Gasteiger partial charge < -0.3 is 19.2 Å². The van der Waals surface area contributed by atoms with E-state index in [4.69, 9.17) is 30.5 Å². The number of hydrogen-bond acceptors (Lipinski definition) is 6. The summed E-state index contributed by atoms with van der Waals surface area (Å²) in [7, 11) is -2.09. The molecule has 1 N–H and O–H groups in total. The van der Waals surface area contributed by atoms with E-state index < -0.39 is 14.4 Å². The first-order valence-corrected chi connectivity index (χ1v) is 17.2. The van der Waals surface area contributed by atoms with Crippen LogP contribution in [-0.4, -0.2) is 54.0 Å². The van der Waals surface area contributed by atoms with Crippen molar-refractivity contribution in [3.05, 3.63) is 41.6 Å². The number of pyridine rings is 1. The highest BCUT2D eigenvalue weighted by molar-refractivity contribution is 6.74. The Bertz CT molecular complexity index is 1310. The highest BCUT2D eigenvalue weighted by Crippen LogP contribution is 2.38. The third-order valence-corrected chi connectivity index (χ3v) is 11.8. The minimum Gasteiger partial charge on any atom is -0.491 e. The summed E-state index contributed by atoms with van der Waals surface area (Å²) in [6.45, 7) is 21.5. The van der Waals surface area contributed by atoms with Crippen LogP contribution in [0.5, 0.6) is 5.75 Å². The molecule has 2 heterocycles. The Morgan fingerprint density at radius 3 is 2.45 bits per heavy atom. The maximum Gasteiger partial charge on any atom is 0.407 e. The normalized spacial score (nSPS) is 13.5. The first kappa shape index (κ1) is 31.9. The van der Waals surface area contributed by atoms with Gasteiger partial charge in [0.25, 0.3) is 0 Å². The smallest absolute Gasteiger partial charge is 0.407 e. The van der Waals surface area contributed by atoms with Gasteiger partial charge in [-0.05, 0) is 71.0 Å². The third-order valence-electron chi connectivity index (χ3n) is 6.99. The molecule has 1 aromatic carbocycles. The quantitative estimate of drug-likeness (QED) is 0.241. The van der Waals surface area contributed by atoms with E-state index in [2.05, 4.69) is 58.1 Å². The van der Waals surface area contributed by atoms with E-state index in [1.165, 1.54) is 0 Å². The zero-order chi connectivity index (χ0) is 29.9. The maximum absolute atomic E-state index is 12.2. The lowest BCUT2D eigenvalue weighted by Crippen LogP contribution is -2.46. The molecule has 0 radical (unpaired) electrons. The van der Waals surface area contributed by atoms with Crippen LogP contribution in [0, 0.1) is 0 Å². The second-order valence-electron chi connectivity index (χ2n) is 13.0. The van der Waals surface area contributed by atoms with Gasteiger partial charge in [0.1, 0.15) is 12.4 Å². The van der Waals surface area contributed by atoms with Crippen LogP contribution in [0.1, 0.15) is 67.9 Å². The summed E-state index contributed by atoms with van der Waals surface area (Å²) in [4.78, 5) is 17.0. The SMILES string of the molecule is CC(C)n1ncc2c(Cl)cc(-c3cccc(OCC(CCOC(=O)NC(C)(C)C)O[Si](C)(C)C(C)(C)C)c3)nc21. The lowest BCUT2D eigenvalue weighted by atomic mass is 10.1. The van der Waals surface area contributed by atoms with Crippen molar-refractivity contribution in [1.82, 2.24) is 20.1 Å². The molecule has 2 aromatic heterocycles. The van der Waals surface area contributed by atoms with Gasteiger partial charge in [-0.25, -0.2) is 14.5 Å². The van der Waals surface area contributed by atoms with Crippen molar-refractivity contribution < 1.29 is 18.7 Å². The molecule has 0 aliphatic heterocycles. The number of halogens is 1. The molecule has 0 aliphatic carbocycles. The fourth-order valence-electron chi connectivity index (χ4n) is 3.84. The molecule has 8 nitrogen and oxygen atoms in total. The van der Waals surface area contributed by atoms with E-state index in [0.29, 0.717) is 23.8 Å². The van der Waals surface area contributed by atoms with Gasteiger partial charge in [-0.15, -0.1) is 0 Å². The Balaban J connectivity index is 1.76. The van der Waals surface area contributed by atoms with Crippen molar-refractivity contribution in [2.45, 2.75) is 97.6 Å². The molecular formula is C30H45ClN4O4Si. The Morgan fingerprint density at radius 1 is 1.12 bits per heavy atom. The van der Waals surface area contributed by atoms with Crippen LogP contribution in [0.15, 0.2) is 36.5 Å². The summed E-state index contributed by atoms with van der Waals surface area (Å²) < 4.78 is 20.2. The average Bonchev–Trinajstić information content (AvgIpc) is 3.25. The Kier molecular flexibility index (Phi) is 9.96. The van der Waals surface area contributed by atoms with Crippen LogP contribution >= 0.6 is 11.6 Å². The molecule has 3 aromatic rings. The highest BCUT2D eigenvalue weighted by atomic mass is 35.5. The summed E-state index contributed by atoms with van der Waals surface area (Å²) >= 11 is 6.60. The van der Waals surface area contributed by atoms with E-state index in [-0.39, 0.29) is 29.3 Å². The van der Waals surface area contributed by atoms with E-state index >= 15 is 0 Å². The third kappa shape index (κ3) is 8.44. The lowest BCUT2D eigenvalue weighted by molar-refractivity contribution is 0.0766. The van der Waals surface area contributed by atoms with Gasteiger partial charge in [0, 0.05) is 23.6 Å². The van der Waals surface area contributed by atoms with Crippen LogP contribution in [0.2, 0.25) is 23.2 Å². The average molecular weight is 589 g/mol. The van der Waals surface area contributed by atoms with Gasteiger partial charge >= 0.3 is 6.09 Å². The van der Waals surface area contributed by atoms with Gasteiger partial charge in [0.15, 0.2) is 14.0 Å². The second kappa shape index (κ2) is 12.5. The molecule has 1 unspecified atom stereocenters. The molecule has 40 heavy (non-hydrogen) atoms. The molecule has 0 saturated heterocycles. The Morgan fingerprint density at radius 2 is 1.82 bits per heavy atom. The van der Waals surface area contributed by atoms with Crippen LogP contribution in [0.4, 0.5) is 4.79 Å². The minimum atomic E-state index is -2.09. The molecule has 3 rings (SSSR count). The minimum absolute atomic E-state index is 0.0295. The maximum atomic E-state index is 12.2. The fourth-order valence-corrected chi connectivity index (χ4v) is 5.44. The van der Waals surface area contributed by atoms with Crippen molar-refractivity contribution >= 4 is 37.0 Å². The van der Waals surface area contributed by atoms with E-state index in [9.17, 15) is 4.79 Å². The van der Waals surface area contributed by atoms with Crippen LogP contribution in [0.25, 0.3) is 22.3 Å². The summed E-state index contributed by atoms with van der Waals surface area (Å²) in [5, 5.41) is 8.74. The Labute approximate surface area is 244 Å². The molecule has 1 atom stereocenters. The molecule has 220 valence electrons. The number of aromatic nitrogens is 3. The standard InChI is InChI=1S/C30H45ClN4O4Si/c1-20(2)35-27-24(18-32-35)25(31)17-26(33-27)21-12-11-13-22(16-21)38-19-23(39-40(9,10)30(6,7)8)14-15-37-28(36)34-29(3,4)5/h11-13,16-18,20,23H,14-15,19H2,1-10H3,(H,34,36). The van der Waals surface area contributed by atoms with Crippen molar-refractivity contribution in [3.63, 3.8) is 0 Å². The predicted molar refractivity (Wildman–Crippen MR) is 165 cm³/mol. The van der Waals surface area contributed by atoms with Gasteiger partial charge in [-0.3, -0.25) is 0 Å². The first-order valence-electron chi connectivity index (χ1n) is 13.9. The molecule has 0 fully saturated rings. The molecule has 0 spiro atoms. The monoisotopic (exact) mass is 588 g/mol. The number of nitrogens with zero attached hydrogens (tertiary/aromatic N) is 3. The van der Waals surface area contributed by atoms with Gasteiger partial charge in [0.05, 0.1) is 35.0 Å². The number of amides is 1. The number of ether oxygens (including phenoxy) is 2. The van der Waals surface area contributed by atoms with Crippen molar-refractivity contribution in [2.75, 3.05) is 13.2 Å². The molecule has 10 heteroatoms. The van der Waals surface area contributed by atoms with Crippen molar-refractivity contribution in [2.24, 2.45) is 0 Å². The first-order chi connectivity index (χ1) is 18.5. The second-order valence-corrected chi connectivity index (χ2v) is 18.2. The number of nitrogens with one attached hydrogen (secondary N) is 1. The van der Waals surface area contributed by atoms with E-state index in [1.807, 2.05) is 55.8 Å². The molecular weight excluding hydrogens is 544 g/mol. The van der Waals surface area contributed by atoms with E-state index in [0.717, 1.165) is 22.3 Å². The summed E-state index contributed by atoms with van der Waals surface area (Å²) in [6.07, 6.45) is 1.61. The van der Waals surface area contributed by atoms with Crippen molar-refractivity contribution in [3.8, 4) is 17.0 Å². The van der Waals surface area contributed by atoms with Crippen LogP contribution < -0.4 is 10.1 Å². The number of carbonyl (C=O) groups is 1.